The van der Waals surface area contributed by atoms with Crippen LogP contribution in [0.5, 0.6) is 0 Å². The summed E-state index contributed by atoms with van der Waals surface area (Å²) < 4.78 is 64.3. The second-order valence-electron chi connectivity index (χ2n) is 5.42. The highest BCUT2D eigenvalue weighted by molar-refractivity contribution is 7.89. The number of nitrogens with one attached hydrogen (secondary N) is 2. The molecule has 1 atom stereocenters. The number of hydrogen-bond donors (Lipinski definition) is 2. The van der Waals surface area contributed by atoms with Gasteiger partial charge in [0.15, 0.2) is 0 Å². The number of halogens is 3. The average Bonchev–Trinajstić information content (AvgIpc) is 2.60. The lowest BCUT2D eigenvalue weighted by atomic mass is 10.1. The van der Waals surface area contributed by atoms with Gasteiger partial charge in [0, 0.05) is 12.4 Å². The van der Waals surface area contributed by atoms with Crippen molar-refractivity contribution in [2.45, 2.75) is 24.0 Å². The molecule has 0 spiro atoms. The predicted molar refractivity (Wildman–Crippen MR) is 87.4 cm³/mol. The molecule has 140 valence electrons. The zero-order valence-electron chi connectivity index (χ0n) is 13.6. The monoisotopic (exact) mass is 387 g/mol. The minimum atomic E-state index is -4.66. The number of carbonyl (C=O) groups is 1. The Morgan fingerprint density at radius 2 is 1.85 bits per heavy atom. The van der Waals surface area contributed by atoms with Crippen molar-refractivity contribution in [2.24, 2.45) is 0 Å². The topological polar surface area (TPSA) is 88.2 Å². The first-order chi connectivity index (χ1) is 12.1. The summed E-state index contributed by atoms with van der Waals surface area (Å²) in [5.74, 6) is -0.620. The van der Waals surface area contributed by atoms with Crippen LogP contribution in [0.15, 0.2) is 53.7 Å². The molecular weight excluding hydrogens is 371 g/mol. The molecule has 26 heavy (non-hydrogen) atoms. The Bertz CT molecular complexity index is 871. The van der Waals surface area contributed by atoms with E-state index in [1.807, 2.05) is 4.72 Å². The fourth-order valence-corrected chi connectivity index (χ4v) is 3.14. The molecule has 10 heteroatoms. The van der Waals surface area contributed by atoms with E-state index >= 15 is 0 Å². The van der Waals surface area contributed by atoms with E-state index in [1.54, 1.807) is 31.5 Å². The molecule has 2 aromatic rings. The van der Waals surface area contributed by atoms with Crippen molar-refractivity contribution in [2.75, 3.05) is 6.54 Å². The van der Waals surface area contributed by atoms with Crippen LogP contribution in [0.4, 0.5) is 13.2 Å². The third-order valence-electron chi connectivity index (χ3n) is 3.48. The van der Waals surface area contributed by atoms with Crippen LogP contribution >= 0.6 is 0 Å². The molecule has 0 saturated heterocycles. The Labute approximate surface area is 148 Å². The number of hydrogen-bond acceptors (Lipinski definition) is 4. The van der Waals surface area contributed by atoms with Crippen molar-refractivity contribution in [3.05, 3.63) is 59.9 Å². The minimum Gasteiger partial charge on any atom is -0.348 e. The zero-order chi connectivity index (χ0) is 19.4. The molecule has 1 heterocycles. The first kappa shape index (κ1) is 19.9. The number of carbonyl (C=O) groups excluding carboxylic acids is 1. The van der Waals surface area contributed by atoms with Gasteiger partial charge in [-0.3, -0.25) is 9.78 Å². The Balaban J connectivity index is 2.01. The van der Waals surface area contributed by atoms with Crippen LogP contribution < -0.4 is 10.0 Å². The molecule has 0 aliphatic heterocycles. The number of pyridine rings is 1. The largest absolute Gasteiger partial charge is 0.416 e. The third kappa shape index (κ3) is 5.27. The smallest absolute Gasteiger partial charge is 0.348 e. The first-order valence-corrected chi connectivity index (χ1v) is 8.94. The van der Waals surface area contributed by atoms with Gasteiger partial charge >= 0.3 is 6.18 Å². The van der Waals surface area contributed by atoms with E-state index in [0.717, 1.165) is 23.8 Å². The second kappa shape index (κ2) is 7.83. The van der Waals surface area contributed by atoms with Crippen molar-refractivity contribution in [1.82, 2.24) is 15.0 Å². The number of amides is 1. The van der Waals surface area contributed by atoms with Gasteiger partial charge in [-0.1, -0.05) is 6.07 Å². The molecule has 1 amide bonds. The van der Waals surface area contributed by atoms with Gasteiger partial charge in [-0.2, -0.15) is 13.2 Å². The molecule has 0 aliphatic carbocycles. The van der Waals surface area contributed by atoms with Crippen LogP contribution in [0.3, 0.4) is 0 Å². The van der Waals surface area contributed by atoms with Gasteiger partial charge in [-0.15, -0.1) is 0 Å². The molecule has 2 N–H and O–H groups in total. The van der Waals surface area contributed by atoms with Gasteiger partial charge in [0.2, 0.25) is 15.9 Å². The fourth-order valence-electron chi connectivity index (χ4n) is 2.11. The van der Waals surface area contributed by atoms with Crippen LogP contribution in [0, 0.1) is 0 Å². The Morgan fingerprint density at radius 1 is 1.19 bits per heavy atom. The number of aromatic nitrogens is 1. The molecule has 1 aromatic heterocycles. The Hall–Kier alpha value is -2.46. The number of nitrogens with zero attached hydrogens (tertiary/aromatic N) is 1. The number of sulfonamides is 1. The molecule has 0 bridgehead atoms. The lowest BCUT2D eigenvalue weighted by Crippen LogP contribution is -2.38. The minimum absolute atomic E-state index is 0.386. The summed E-state index contributed by atoms with van der Waals surface area (Å²) in [7, 11) is -4.26. The van der Waals surface area contributed by atoms with Gasteiger partial charge in [-0.25, -0.2) is 13.1 Å². The van der Waals surface area contributed by atoms with Crippen LogP contribution in [0.2, 0.25) is 0 Å². The third-order valence-corrected chi connectivity index (χ3v) is 4.88. The van der Waals surface area contributed by atoms with E-state index in [-0.39, 0.29) is 6.04 Å². The normalized spacial score (nSPS) is 13.2. The fraction of sp³-hybridized carbons (Fsp3) is 0.250. The Kier molecular flexibility index (Phi) is 5.98. The standard InChI is InChI=1S/C16H16F3N3O3S/c1-11(12-5-7-20-8-6-12)22-15(23)10-21-26(24,25)14-4-2-3-13(9-14)16(17,18)19/h2-9,11,21H,10H2,1H3,(H,22,23). The summed E-state index contributed by atoms with van der Waals surface area (Å²) in [5, 5.41) is 2.58. The second-order valence-corrected chi connectivity index (χ2v) is 7.19. The van der Waals surface area contributed by atoms with Crippen LogP contribution in [0.25, 0.3) is 0 Å². The van der Waals surface area contributed by atoms with Crippen LogP contribution in [-0.2, 0) is 21.0 Å². The van der Waals surface area contributed by atoms with Crippen molar-refractivity contribution in [3.63, 3.8) is 0 Å². The highest BCUT2D eigenvalue weighted by Gasteiger charge is 2.31. The Morgan fingerprint density at radius 3 is 2.46 bits per heavy atom. The highest BCUT2D eigenvalue weighted by Crippen LogP contribution is 2.30. The highest BCUT2D eigenvalue weighted by atomic mass is 32.2. The van der Waals surface area contributed by atoms with Crippen molar-refractivity contribution in [1.29, 1.82) is 0 Å². The van der Waals surface area contributed by atoms with Crippen LogP contribution in [0.1, 0.15) is 24.1 Å². The van der Waals surface area contributed by atoms with Gasteiger partial charge < -0.3 is 5.32 Å². The number of alkyl halides is 3. The number of rotatable bonds is 6. The zero-order valence-corrected chi connectivity index (χ0v) is 14.4. The molecule has 1 aromatic carbocycles. The molecule has 0 aliphatic rings. The van der Waals surface area contributed by atoms with E-state index in [4.69, 9.17) is 0 Å². The van der Waals surface area contributed by atoms with Gasteiger partial charge in [0.1, 0.15) is 0 Å². The van der Waals surface area contributed by atoms with Crippen molar-refractivity contribution >= 4 is 15.9 Å². The van der Waals surface area contributed by atoms with Crippen LogP contribution in [-0.4, -0.2) is 25.9 Å². The molecule has 0 fully saturated rings. The summed E-state index contributed by atoms with van der Waals surface area (Å²) in [6.07, 6.45) is -1.56. The maximum absolute atomic E-state index is 12.7. The lowest BCUT2D eigenvalue weighted by Gasteiger charge is -2.15. The molecule has 0 radical (unpaired) electrons. The van der Waals surface area contributed by atoms with Crippen molar-refractivity contribution in [3.8, 4) is 0 Å². The SMILES string of the molecule is CC(NC(=O)CNS(=O)(=O)c1cccc(C(F)(F)F)c1)c1ccncc1. The lowest BCUT2D eigenvalue weighted by molar-refractivity contribution is -0.137. The van der Waals surface area contributed by atoms with Gasteiger partial charge in [-0.05, 0) is 42.8 Å². The van der Waals surface area contributed by atoms with Gasteiger partial charge in [0.05, 0.1) is 23.0 Å². The predicted octanol–water partition coefficient (Wildman–Crippen LogP) is 2.26. The quantitative estimate of drug-likeness (QED) is 0.796. The average molecular weight is 387 g/mol. The molecule has 6 nitrogen and oxygen atoms in total. The molecular formula is C16H16F3N3O3S. The maximum atomic E-state index is 12.7. The van der Waals surface area contributed by atoms with E-state index in [1.165, 1.54) is 0 Å². The first-order valence-electron chi connectivity index (χ1n) is 7.46. The van der Waals surface area contributed by atoms with E-state index in [0.29, 0.717) is 6.07 Å². The summed E-state index contributed by atoms with van der Waals surface area (Å²) >= 11 is 0. The van der Waals surface area contributed by atoms with E-state index in [9.17, 15) is 26.4 Å². The van der Waals surface area contributed by atoms with E-state index in [2.05, 4.69) is 10.3 Å². The summed E-state index contributed by atoms with van der Waals surface area (Å²) in [5.41, 5.74) is -0.315. The van der Waals surface area contributed by atoms with Gasteiger partial charge in [0.25, 0.3) is 0 Å². The molecule has 1 unspecified atom stereocenters. The summed E-state index contributed by atoms with van der Waals surface area (Å²) in [6, 6.07) is 6.29. The molecule has 2 rings (SSSR count). The van der Waals surface area contributed by atoms with E-state index < -0.39 is 39.1 Å². The number of benzene rings is 1. The summed E-state index contributed by atoms with van der Waals surface area (Å²) in [6.45, 7) is 1.10. The summed E-state index contributed by atoms with van der Waals surface area (Å²) in [4.78, 5) is 15.2. The maximum Gasteiger partial charge on any atom is 0.416 e. The van der Waals surface area contributed by atoms with Crippen molar-refractivity contribution < 1.29 is 26.4 Å². The molecule has 0 saturated carbocycles.